The van der Waals surface area contributed by atoms with E-state index in [9.17, 15) is 4.79 Å². The SMILES string of the molecule is CCc1cccc(CC)c1N/N=C/c1cc2c(cc(C(=O)OC)n2Cc2ccccc2)o1. The molecule has 2 heterocycles. The first-order chi connectivity index (χ1) is 15.6. The lowest BCUT2D eigenvalue weighted by Crippen LogP contribution is -2.11. The van der Waals surface area contributed by atoms with Crippen LogP contribution in [-0.4, -0.2) is 23.9 Å². The molecule has 0 amide bonds. The molecule has 4 aromatic rings. The van der Waals surface area contributed by atoms with Crippen LogP contribution in [0, 0.1) is 0 Å². The van der Waals surface area contributed by atoms with Gasteiger partial charge in [-0.15, -0.1) is 0 Å². The number of fused-ring (bicyclic) bond motifs is 1. The molecule has 0 atom stereocenters. The molecule has 0 aliphatic carbocycles. The molecule has 0 aliphatic heterocycles. The van der Waals surface area contributed by atoms with E-state index in [0.29, 0.717) is 23.6 Å². The van der Waals surface area contributed by atoms with Crippen LogP contribution in [0.4, 0.5) is 5.69 Å². The van der Waals surface area contributed by atoms with Crippen LogP contribution in [0.5, 0.6) is 0 Å². The molecular weight excluding hydrogens is 402 g/mol. The summed E-state index contributed by atoms with van der Waals surface area (Å²) >= 11 is 0. The number of rotatable bonds is 8. The fourth-order valence-corrected chi connectivity index (χ4v) is 3.88. The lowest BCUT2D eigenvalue weighted by Gasteiger charge is -2.11. The van der Waals surface area contributed by atoms with Crippen LogP contribution >= 0.6 is 0 Å². The minimum Gasteiger partial charge on any atom is -0.464 e. The summed E-state index contributed by atoms with van der Waals surface area (Å²) in [5.74, 6) is 0.209. The molecule has 0 fully saturated rings. The summed E-state index contributed by atoms with van der Waals surface area (Å²) in [5, 5.41) is 4.42. The maximum Gasteiger partial charge on any atom is 0.354 e. The van der Waals surface area contributed by atoms with Crippen molar-refractivity contribution in [2.45, 2.75) is 33.2 Å². The number of hydrogen-bond acceptors (Lipinski definition) is 5. The molecule has 2 aromatic heterocycles. The van der Waals surface area contributed by atoms with Crippen molar-refractivity contribution in [1.82, 2.24) is 4.57 Å². The van der Waals surface area contributed by atoms with Gasteiger partial charge in [-0.25, -0.2) is 4.79 Å². The van der Waals surface area contributed by atoms with E-state index in [0.717, 1.165) is 29.6 Å². The minimum atomic E-state index is -0.396. The maximum atomic E-state index is 12.3. The van der Waals surface area contributed by atoms with E-state index in [1.54, 1.807) is 12.3 Å². The van der Waals surface area contributed by atoms with Crippen molar-refractivity contribution < 1.29 is 13.9 Å². The number of methoxy groups -OCH3 is 1. The Bertz CT molecular complexity index is 1230. The van der Waals surface area contributed by atoms with Gasteiger partial charge in [0.25, 0.3) is 0 Å². The lowest BCUT2D eigenvalue weighted by molar-refractivity contribution is 0.0589. The summed E-state index contributed by atoms with van der Waals surface area (Å²) in [5.41, 5.74) is 9.66. The maximum absolute atomic E-state index is 12.3. The molecule has 0 radical (unpaired) electrons. The number of anilines is 1. The monoisotopic (exact) mass is 429 g/mol. The van der Waals surface area contributed by atoms with Gasteiger partial charge < -0.3 is 13.7 Å². The number of esters is 1. The highest BCUT2D eigenvalue weighted by atomic mass is 16.5. The molecule has 0 saturated carbocycles. The molecule has 0 unspecified atom stereocenters. The molecular formula is C26H27N3O3. The Morgan fingerprint density at radius 3 is 2.44 bits per heavy atom. The zero-order valence-corrected chi connectivity index (χ0v) is 18.6. The van der Waals surface area contributed by atoms with Crippen LogP contribution < -0.4 is 5.43 Å². The average Bonchev–Trinajstić information content (AvgIpc) is 3.37. The third-order valence-corrected chi connectivity index (χ3v) is 5.55. The molecule has 164 valence electrons. The number of benzene rings is 2. The molecule has 2 aromatic carbocycles. The largest absolute Gasteiger partial charge is 0.464 e. The van der Waals surface area contributed by atoms with Gasteiger partial charge in [0.15, 0.2) is 5.58 Å². The van der Waals surface area contributed by atoms with Crippen molar-refractivity contribution in [2.24, 2.45) is 5.10 Å². The summed E-state index contributed by atoms with van der Waals surface area (Å²) in [6.45, 7) is 4.80. The molecule has 0 spiro atoms. The third-order valence-electron chi connectivity index (χ3n) is 5.55. The molecule has 4 rings (SSSR count). The van der Waals surface area contributed by atoms with Gasteiger partial charge in [0.05, 0.1) is 24.5 Å². The molecule has 0 aliphatic rings. The van der Waals surface area contributed by atoms with Crippen LogP contribution in [0.2, 0.25) is 0 Å². The van der Waals surface area contributed by atoms with E-state index in [2.05, 4.69) is 42.6 Å². The van der Waals surface area contributed by atoms with Gasteiger partial charge in [0.1, 0.15) is 11.5 Å². The van der Waals surface area contributed by atoms with E-state index in [1.165, 1.54) is 18.2 Å². The second-order valence-corrected chi connectivity index (χ2v) is 7.52. The number of aromatic nitrogens is 1. The van der Waals surface area contributed by atoms with Crippen molar-refractivity contribution in [3.8, 4) is 0 Å². The van der Waals surface area contributed by atoms with Gasteiger partial charge in [0, 0.05) is 18.7 Å². The second-order valence-electron chi connectivity index (χ2n) is 7.52. The van der Waals surface area contributed by atoms with Crippen molar-refractivity contribution >= 4 is 29.0 Å². The zero-order valence-electron chi connectivity index (χ0n) is 18.6. The fourth-order valence-electron chi connectivity index (χ4n) is 3.88. The molecule has 6 heteroatoms. The van der Waals surface area contributed by atoms with Crippen LogP contribution in [-0.2, 0) is 24.1 Å². The summed E-state index contributed by atoms with van der Waals surface area (Å²) in [7, 11) is 1.38. The summed E-state index contributed by atoms with van der Waals surface area (Å²) < 4.78 is 12.8. The molecule has 6 nitrogen and oxygen atoms in total. The predicted molar refractivity (Wildman–Crippen MR) is 128 cm³/mol. The first-order valence-electron chi connectivity index (χ1n) is 10.8. The van der Waals surface area contributed by atoms with E-state index >= 15 is 0 Å². The van der Waals surface area contributed by atoms with Gasteiger partial charge in [0.2, 0.25) is 0 Å². The van der Waals surface area contributed by atoms with Gasteiger partial charge in [-0.1, -0.05) is 62.4 Å². The van der Waals surface area contributed by atoms with E-state index in [4.69, 9.17) is 9.15 Å². The van der Waals surface area contributed by atoms with Gasteiger partial charge >= 0.3 is 5.97 Å². The average molecular weight is 430 g/mol. The zero-order chi connectivity index (χ0) is 22.5. The van der Waals surface area contributed by atoms with Crippen LogP contribution in [0.25, 0.3) is 11.1 Å². The number of ether oxygens (including phenoxy) is 1. The summed E-state index contributed by atoms with van der Waals surface area (Å²) in [6, 6.07) is 19.9. The number of carbonyl (C=O) groups excluding carboxylic acids is 1. The highest BCUT2D eigenvalue weighted by molar-refractivity contribution is 5.95. The number of furan rings is 1. The Morgan fingerprint density at radius 2 is 1.78 bits per heavy atom. The highest BCUT2D eigenvalue weighted by Gasteiger charge is 2.19. The molecule has 0 saturated heterocycles. The minimum absolute atomic E-state index is 0.396. The topological polar surface area (TPSA) is 68.8 Å². The van der Waals surface area contributed by atoms with Crippen LogP contribution in [0.3, 0.4) is 0 Å². The number of carbonyl (C=O) groups is 1. The van der Waals surface area contributed by atoms with Crippen molar-refractivity contribution in [1.29, 1.82) is 0 Å². The fraction of sp³-hybridized carbons (Fsp3) is 0.231. The quantitative estimate of drug-likeness (QED) is 0.224. The number of nitrogens with one attached hydrogen (secondary N) is 1. The normalized spacial score (nSPS) is 11.3. The number of para-hydroxylation sites is 1. The molecule has 32 heavy (non-hydrogen) atoms. The predicted octanol–water partition coefficient (Wildman–Crippen LogP) is 5.64. The lowest BCUT2D eigenvalue weighted by atomic mass is 10.0. The number of hydrogen-bond donors (Lipinski definition) is 1. The Balaban J connectivity index is 1.64. The molecule has 1 N–H and O–H groups in total. The Hall–Kier alpha value is -3.80. The van der Waals surface area contributed by atoms with Crippen molar-refractivity contribution in [3.63, 3.8) is 0 Å². The van der Waals surface area contributed by atoms with Gasteiger partial charge in [-0.2, -0.15) is 5.10 Å². The summed E-state index contributed by atoms with van der Waals surface area (Å²) in [4.78, 5) is 12.3. The van der Waals surface area contributed by atoms with Crippen molar-refractivity contribution in [2.75, 3.05) is 12.5 Å². The first kappa shape index (κ1) is 21.4. The van der Waals surface area contributed by atoms with E-state index in [1.807, 2.05) is 41.0 Å². The van der Waals surface area contributed by atoms with E-state index in [-0.39, 0.29) is 0 Å². The van der Waals surface area contributed by atoms with Gasteiger partial charge in [-0.3, -0.25) is 5.43 Å². The first-order valence-corrected chi connectivity index (χ1v) is 10.8. The Morgan fingerprint density at radius 1 is 1.06 bits per heavy atom. The van der Waals surface area contributed by atoms with Crippen LogP contribution in [0.15, 0.2) is 70.2 Å². The smallest absolute Gasteiger partial charge is 0.354 e. The van der Waals surface area contributed by atoms with E-state index < -0.39 is 5.97 Å². The van der Waals surface area contributed by atoms with Crippen molar-refractivity contribution in [3.05, 3.63) is 88.8 Å². The Kier molecular flexibility index (Phi) is 6.40. The standard InChI is InChI=1S/C26H27N3O3/c1-4-19-12-9-13-20(5-2)25(19)28-27-16-21-14-22-24(32-21)15-23(26(30)31-3)29(22)17-18-10-7-6-8-11-18/h6-16,28H,4-5,17H2,1-3H3/b27-16+. The van der Waals surface area contributed by atoms with Gasteiger partial charge in [-0.05, 0) is 29.5 Å². The molecule has 0 bridgehead atoms. The number of nitrogens with zero attached hydrogens (tertiary/aromatic N) is 2. The Labute approximate surface area is 187 Å². The highest BCUT2D eigenvalue weighted by Crippen LogP contribution is 2.26. The number of hydrazone groups is 1. The second kappa shape index (κ2) is 9.56. The number of aryl methyl sites for hydroxylation is 2. The summed E-state index contributed by atoms with van der Waals surface area (Å²) in [6.07, 6.45) is 3.52. The third kappa shape index (κ3) is 4.30. The van der Waals surface area contributed by atoms with Crippen LogP contribution in [0.1, 0.15) is 46.8 Å².